The molecule has 1 N–H and O–H groups in total. The van der Waals surface area contributed by atoms with E-state index in [2.05, 4.69) is 5.32 Å². The van der Waals surface area contributed by atoms with Gasteiger partial charge in [0.1, 0.15) is 0 Å². The van der Waals surface area contributed by atoms with Crippen LogP contribution >= 0.6 is 0 Å². The van der Waals surface area contributed by atoms with Crippen molar-refractivity contribution in [1.29, 1.82) is 0 Å². The van der Waals surface area contributed by atoms with E-state index >= 15 is 0 Å². The molecule has 0 aliphatic carbocycles. The van der Waals surface area contributed by atoms with E-state index in [-0.39, 0.29) is 11.7 Å². The molecule has 1 atom stereocenters. The molecule has 1 rings (SSSR count). The van der Waals surface area contributed by atoms with Gasteiger partial charge >= 0.3 is 5.97 Å². The summed E-state index contributed by atoms with van der Waals surface area (Å²) < 4.78 is 14.5. The summed E-state index contributed by atoms with van der Waals surface area (Å²) in [6.45, 7) is 2.27. The first-order chi connectivity index (χ1) is 8.15. The molecular formula is C11H15NO5. The first-order valence-electron chi connectivity index (χ1n) is 5.16. The van der Waals surface area contributed by atoms with Crippen molar-refractivity contribution in [2.75, 3.05) is 20.3 Å². The van der Waals surface area contributed by atoms with Gasteiger partial charge < -0.3 is 19.2 Å². The summed E-state index contributed by atoms with van der Waals surface area (Å²) in [4.78, 5) is 22.9. The topological polar surface area (TPSA) is 77.8 Å². The third-order valence-corrected chi connectivity index (χ3v) is 1.98. The first-order valence-corrected chi connectivity index (χ1v) is 5.16. The summed E-state index contributed by atoms with van der Waals surface area (Å²) >= 11 is 0. The van der Waals surface area contributed by atoms with Crippen LogP contribution in [0.2, 0.25) is 0 Å². The Hall–Kier alpha value is -1.82. The lowest BCUT2D eigenvalue weighted by atomic mass is 10.3. The van der Waals surface area contributed by atoms with Crippen molar-refractivity contribution in [1.82, 2.24) is 5.32 Å². The number of esters is 1. The predicted octanol–water partition coefficient (Wildman–Crippen LogP) is 0.587. The number of carbonyl (C=O) groups excluding carboxylic acids is 2. The molecule has 1 amide bonds. The fourth-order valence-electron chi connectivity index (χ4n) is 1.09. The van der Waals surface area contributed by atoms with Gasteiger partial charge in [0, 0.05) is 13.7 Å². The van der Waals surface area contributed by atoms with Gasteiger partial charge in [0.05, 0.1) is 12.9 Å². The second-order valence-corrected chi connectivity index (χ2v) is 3.31. The van der Waals surface area contributed by atoms with Crippen molar-refractivity contribution in [3.8, 4) is 0 Å². The van der Waals surface area contributed by atoms with Crippen molar-refractivity contribution >= 4 is 11.9 Å². The van der Waals surface area contributed by atoms with E-state index in [0.717, 1.165) is 0 Å². The molecule has 0 aromatic carbocycles. The zero-order valence-corrected chi connectivity index (χ0v) is 9.76. The standard InChI is InChI=1S/C11H15NO5/c1-8(10(13)12-5-7-15-2)17-11(14)9-4-3-6-16-9/h3-4,6,8H,5,7H2,1-2H3,(H,12,13). The molecule has 0 fully saturated rings. The van der Waals surface area contributed by atoms with Gasteiger partial charge in [0.15, 0.2) is 6.10 Å². The second-order valence-electron chi connectivity index (χ2n) is 3.31. The number of hydrogen-bond acceptors (Lipinski definition) is 5. The van der Waals surface area contributed by atoms with Crippen molar-refractivity contribution in [3.05, 3.63) is 24.2 Å². The van der Waals surface area contributed by atoms with Crippen LogP contribution in [0.1, 0.15) is 17.5 Å². The lowest BCUT2D eigenvalue weighted by Gasteiger charge is -2.12. The van der Waals surface area contributed by atoms with E-state index in [9.17, 15) is 9.59 Å². The molecule has 0 bridgehead atoms. The Kier molecular flexibility index (Phi) is 5.22. The number of amides is 1. The molecule has 6 heteroatoms. The largest absolute Gasteiger partial charge is 0.457 e. The van der Waals surface area contributed by atoms with Crippen LogP contribution in [0.5, 0.6) is 0 Å². The molecule has 6 nitrogen and oxygen atoms in total. The third-order valence-electron chi connectivity index (χ3n) is 1.98. The van der Waals surface area contributed by atoms with Crippen LogP contribution in [0, 0.1) is 0 Å². The Morgan fingerprint density at radius 1 is 1.53 bits per heavy atom. The Morgan fingerprint density at radius 3 is 2.88 bits per heavy atom. The molecular weight excluding hydrogens is 226 g/mol. The maximum Gasteiger partial charge on any atom is 0.374 e. The second kappa shape index (κ2) is 6.70. The highest BCUT2D eigenvalue weighted by Gasteiger charge is 2.19. The van der Waals surface area contributed by atoms with E-state index in [0.29, 0.717) is 13.2 Å². The highest BCUT2D eigenvalue weighted by atomic mass is 16.6. The maximum atomic E-state index is 11.4. The average molecular weight is 241 g/mol. The zero-order valence-electron chi connectivity index (χ0n) is 9.76. The number of furan rings is 1. The van der Waals surface area contributed by atoms with Gasteiger partial charge in [-0.3, -0.25) is 4.79 Å². The third kappa shape index (κ3) is 4.28. The van der Waals surface area contributed by atoms with Gasteiger partial charge in [0.25, 0.3) is 5.91 Å². The number of rotatable bonds is 6. The fraction of sp³-hybridized carbons (Fsp3) is 0.455. The first kappa shape index (κ1) is 13.2. The molecule has 1 unspecified atom stereocenters. The predicted molar refractivity (Wildman–Crippen MR) is 58.5 cm³/mol. The summed E-state index contributed by atoms with van der Waals surface area (Å²) in [5.41, 5.74) is 0. The van der Waals surface area contributed by atoms with Crippen LogP contribution < -0.4 is 5.32 Å². The van der Waals surface area contributed by atoms with Crippen LogP contribution in [0.3, 0.4) is 0 Å². The van der Waals surface area contributed by atoms with Gasteiger partial charge in [-0.15, -0.1) is 0 Å². The zero-order chi connectivity index (χ0) is 12.7. The molecule has 0 saturated heterocycles. The Morgan fingerprint density at radius 2 is 2.29 bits per heavy atom. The summed E-state index contributed by atoms with van der Waals surface area (Å²) in [6, 6.07) is 3.04. The summed E-state index contributed by atoms with van der Waals surface area (Å²) in [6.07, 6.45) is 0.490. The minimum Gasteiger partial charge on any atom is -0.457 e. The number of nitrogens with one attached hydrogen (secondary N) is 1. The Bertz CT molecular complexity index is 360. The maximum absolute atomic E-state index is 11.4. The van der Waals surface area contributed by atoms with Crippen LogP contribution in [0.4, 0.5) is 0 Å². The molecule has 0 saturated carbocycles. The quantitative estimate of drug-likeness (QED) is 0.582. The molecule has 0 spiro atoms. The van der Waals surface area contributed by atoms with E-state index in [1.807, 2.05) is 0 Å². The minimum atomic E-state index is -0.871. The molecule has 1 aromatic heterocycles. The fourth-order valence-corrected chi connectivity index (χ4v) is 1.09. The number of methoxy groups -OCH3 is 1. The number of hydrogen-bond donors (Lipinski definition) is 1. The lowest BCUT2D eigenvalue weighted by molar-refractivity contribution is -0.129. The Balaban J connectivity index is 2.35. The van der Waals surface area contributed by atoms with Crippen molar-refractivity contribution in [2.45, 2.75) is 13.0 Å². The highest BCUT2D eigenvalue weighted by Crippen LogP contribution is 2.04. The summed E-state index contributed by atoms with van der Waals surface area (Å²) in [5.74, 6) is -0.965. The van der Waals surface area contributed by atoms with Crippen LogP contribution in [0.25, 0.3) is 0 Å². The molecule has 1 heterocycles. The van der Waals surface area contributed by atoms with Gasteiger partial charge in [-0.1, -0.05) is 0 Å². The Labute approximate surface area is 98.9 Å². The van der Waals surface area contributed by atoms with Crippen molar-refractivity contribution < 1.29 is 23.5 Å². The molecule has 17 heavy (non-hydrogen) atoms. The smallest absolute Gasteiger partial charge is 0.374 e. The summed E-state index contributed by atoms with van der Waals surface area (Å²) in [5, 5.41) is 2.56. The van der Waals surface area contributed by atoms with E-state index in [4.69, 9.17) is 13.9 Å². The van der Waals surface area contributed by atoms with Gasteiger partial charge in [-0.25, -0.2) is 4.79 Å². The molecule has 1 aromatic rings. The van der Waals surface area contributed by atoms with Crippen LogP contribution in [-0.2, 0) is 14.3 Å². The van der Waals surface area contributed by atoms with Gasteiger partial charge in [0.2, 0.25) is 5.76 Å². The normalized spacial score (nSPS) is 11.9. The van der Waals surface area contributed by atoms with Gasteiger partial charge in [-0.05, 0) is 19.1 Å². The minimum absolute atomic E-state index is 0.0709. The average Bonchev–Trinajstić information content (AvgIpc) is 2.82. The number of carbonyl (C=O) groups is 2. The van der Waals surface area contributed by atoms with E-state index in [1.54, 1.807) is 6.07 Å². The monoisotopic (exact) mass is 241 g/mol. The van der Waals surface area contributed by atoms with Crippen LogP contribution in [-0.4, -0.2) is 38.2 Å². The van der Waals surface area contributed by atoms with Crippen molar-refractivity contribution in [3.63, 3.8) is 0 Å². The van der Waals surface area contributed by atoms with Gasteiger partial charge in [-0.2, -0.15) is 0 Å². The van der Waals surface area contributed by atoms with Crippen molar-refractivity contribution in [2.24, 2.45) is 0 Å². The molecule has 94 valence electrons. The van der Waals surface area contributed by atoms with E-state index in [1.165, 1.54) is 26.4 Å². The molecule has 0 aliphatic rings. The molecule has 0 aliphatic heterocycles. The summed E-state index contributed by atoms with van der Waals surface area (Å²) in [7, 11) is 1.53. The lowest BCUT2D eigenvalue weighted by Crippen LogP contribution is -2.37. The highest BCUT2D eigenvalue weighted by molar-refractivity contribution is 5.89. The SMILES string of the molecule is COCCNC(=O)C(C)OC(=O)c1ccco1. The van der Waals surface area contributed by atoms with E-state index < -0.39 is 12.1 Å². The number of ether oxygens (including phenoxy) is 2. The molecule has 0 radical (unpaired) electrons. The van der Waals surface area contributed by atoms with Crippen LogP contribution in [0.15, 0.2) is 22.8 Å².